The molecule has 1 amide bonds. The molecule has 0 saturated heterocycles. The molecule has 5 nitrogen and oxygen atoms in total. The van der Waals surface area contributed by atoms with Gasteiger partial charge in [-0.05, 0) is 68.3 Å². The maximum atomic E-state index is 12.6. The van der Waals surface area contributed by atoms with Crippen molar-refractivity contribution in [3.63, 3.8) is 0 Å². The SMILES string of the molecule is CNS(=O)(=O)c1ccc2c(c1)CCN2C(=O)/C=C/c1ccc(C)cc1C. The summed E-state index contributed by atoms with van der Waals surface area (Å²) >= 11 is 0. The first kappa shape index (κ1) is 18.4. The number of amides is 1. The Kier molecular flexibility index (Phi) is 4.98. The first-order chi connectivity index (χ1) is 12.3. The van der Waals surface area contributed by atoms with Gasteiger partial charge in [-0.1, -0.05) is 23.8 Å². The molecule has 0 radical (unpaired) electrons. The lowest BCUT2D eigenvalue weighted by Gasteiger charge is -2.15. The van der Waals surface area contributed by atoms with Crippen LogP contribution in [0.4, 0.5) is 5.69 Å². The molecule has 0 spiro atoms. The fourth-order valence-electron chi connectivity index (χ4n) is 3.16. The summed E-state index contributed by atoms with van der Waals surface area (Å²) in [5, 5.41) is 0. The van der Waals surface area contributed by atoms with Gasteiger partial charge in [-0.3, -0.25) is 4.79 Å². The normalized spacial score (nSPS) is 14.0. The number of sulfonamides is 1. The van der Waals surface area contributed by atoms with Gasteiger partial charge in [-0.25, -0.2) is 13.1 Å². The van der Waals surface area contributed by atoms with Gasteiger partial charge in [-0.2, -0.15) is 0 Å². The van der Waals surface area contributed by atoms with E-state index in [0.29, 0.717) is 13.0 Å². The Morgan fingerprint density at radius 3 is 2.62 bits per heavy atom. The molecule has 2 aromatic rings. The lowest BCUT2D eigenvalue weighted by atomic mass is 10.1. The minimum absolute atomic E-state index is 0.104. The first-order valence-electron chi connectivity index (χ1n) is 8.45. The van der Waals surface area contributed by atoms with E-state index in [0.717, 1.165) is 22.4 Å². The second kappa shape index (κ2) is 7.05. The third-order valence-electron chi connectivity index (χ3n) is 4.62. The van der Waals surface area contributed by atoms with Gasteiger partial charge in [0, 0.05) is 18.3 Å². The van der Waals surface area contributed by atoms with Crippen molar-refractivity contribution in [3.8, 4) is 0 Å². The van der Waals surface area contributed by atoms with Crippen molar-refractivity contribution in [1.29, 1.82) is 0 Å². The van der Waals surface area contributed by atoms with Crippen LogP contribution in [0.5, 0.6) is 0 Å². The molecule has 6 heteroatoms. The summed E-state index contributed by atoms with van der Waals surface area (Å²) in [6, 6.07) is 11.0. The van der Waals surface area contributed by atoms with Crippen molar-refractivity contribution in [2.45, 2.75) is 25.2 Å². The highest BCUT2D eigenvalue weighted by molar-refractivity contribution is 7.89. The zero-order chi connectivity index (χ0) is 18.9. The molecule has 0 bridgehead atoms. The fourth-order valence-corrected chi connectivity index (χ4v) is 3.94. The second-order valence-corrected chi connectivity index (χ2v) is 8.32. The van der Waals surface area contributed by atoms with Crippen LogP contribution in [0.3, 0.4) is 0 Å². The summed E-state index contributed by atoms with van der Waals surface area (Å²) in [6.45, 7) is 4.61. The van der Waals surface area contributed by atoms with Crippen molar-refractivity contribution in [2.24, 2.45) is 0 Å². The minimum Gasteiger partial charge on any atom is -0.308 e. The van der Waals surface area contributed by atoms with E-state index in [4.69, 9.17) is 0 Å². The summed E-state index contributed by atoms with van der Waals surface area (Å²) in [4.78, 5) is 14.5. The topological polar surface area (TPSA) is 66.5 Å². The minimum atomic E-state index is -3.48. The van der Waals surface area contributed by atoms with Gasteiger partial charge in [0.15, 0.2) is 0 Å². The Labute approximate surface area is 154 Å². The van der Waals surface area contributed by atoms with Gasteiger partial charge in [0.1, 0.15) is 0 Å². The van der Waals surface area contributed by atoms with Crippen LogP contribution in [0.1, 0.15) is 22.3 Å². The number of anilines is 1. The van der Waals surface area contributed by atoms with Crippen molar-refractivity contribution < 1.29 is 13.2 Å². The van der Waals surface area contributed by atoms with Crippen LogP contribution < -0.4 is 9.62 Å². The number of rotatable bonds is 4. The molecule has 0 fully saturated rings. The van der Waals surface area contributed by atoms with E-state index in [9.17, 15) is 13.2 Å². The zero-order valence-corrected chi connectivity index (χ0v) is 15.9. The number of fused-ring (bicyclic) bond motifs is 1. The molecule has 0 aromatic heterocycles. The molecule has 2 aromatic carbocycles. The standard InChI is InChI=1S/C20H22N2O3S/c1-14-4-5-16(15(2)12-14)6-9-20(23)22-11-10-17-13-18(7-8-19(17)22)26(24,25)21-3/h4-9,12-13,21H,10-11H2,1-3H3/b9-6+. The summed E-state index contributed by atoms with van der Waals surface area (Å²) in [5.74, 6) is -0.104. The predicted octanol–water partition coefficient (Wildman–Crippen LogP) is 2.81. The molecule has 1 heterocycles. The lowest BCUT2D eigenvalue weighted by molar-refractivity contribution is -0.114. The van der Waals surface area contributed by atoms with Crippen molar-refractivity contribution >= 4 is 27.7 Å². The fraction of sp³-hybridized carbons (Fsp3) is 0.250. The van der Waals surface area contributed by atoms with E-state index >= 15 is 0 Å². The molecular weight excluding hydrogens is 348 g/mol. The molecule has 0 saturated carbocycles. The summed E-state index contributed by atoms with van der Waals surface area (Å²) < 4.78 is 26.2. The molecular formula is C20H22N2O3S. The molecule has 1 N–H and O–H groups in total. The Hall–Kier alpha value is -2.44. The van der Waals surface area contributed by atoms with Gasteiger partial charge in [-0.15, -0.1) is 0 Å². The number of nitrogens with zero attached hydrogens (tertiary/aromatic N) is 1. The second-order valence-electron chi connectivity index (χ2n) is 6.43. The van der Waals surface area contributed by atoms with E-state index in [1.165, 1.54) is 18.7 Å². The van der Waals surface area contributed by atoms with Gasteiger partial charge in [0.2, 0.25) is 10.0 Å². The predicted molar refractivity (Wildman–Crippen MR) is 104 cm³/mol. The Morgan fingerprint density at radius 2 is 1.92 bits per heavy atom. The number of hydrogen-bond donors (Lipinski definition) is 1. The highest BCUT2D eigenvalue weighted by Gasteiger charge is 2.25. The molecule has 26 heavy (non-hydrogen) atoms. The van der Waals surface area contributed by atoms with Crippen LogP contribution in [0, 0.1) is 13.8 Å². The lowest BCUT2D eigenvalue weighted by Crippen LogP contribution is -2.26. The zero-order valence-electron chi connectivity index (χ0n) is 15.1. The summed E-state index contributed by atoms with van der Waals surface area (Å²) in [5.41, 5.74) is 4.97. The average Bonchev–Trinajstić information content (AvgIpc) is 3.04. The van der Waals surface area contributed by atoms with Gasteiger partial charge in [0.05, 0.1) is 4.90 Å². The quantitative estimate of drug-likeness (QED) is 0.842. The van der Waals surface area contributed by atoms with E-state index in [2.05, 4.69) is 10.8 Å². The number of hydrogen-bond acceptors (Lipinski definition) is 3. The van der Waals surface area contributed by atoms with Crippen LogP contribution in [-0.2, 0) is 21.2 Å². The maximum absolute atomic E-state index is 12.6. The van der Waals surface area contributed by atoms with Crippen molar-refractivity contribution in [3.05, 3.63) is 64.7 Å². The van der Waals surface area contributed by atoms with Crippen LogP contribution in [0.2, 0.25) is 0 Å². The largest absolute Gasteiger partial charge is 0.308 e. The van der Waals surface area contributed by atoms with E-state index in [-0.39, 0.29) is 10.8 Å². The number of nitrogens with one attached hydrogen (secondary N) is 1. The van der Waals surface area contributed by atoms with Crippen LogP contribution in [-0.4, -0.2) is 27.9 Å². The monoisotopic (exact) mass is 370 g/mol. The number of aryl methyl sites for hydroxylation is 2. The molecule has 0 atom stereocenters. The van der Waals surface area contributed by atoms with Gasteiger partial charge in [0.25, 0.3) is 5.91 Å². The molecule has 1 aliphatic heterocycles. The number of benzene rings is 2. The number of carbonyl (C=O) groups excluding carboxylic acids is 1. The van der Waals surface area contributed by atoms with Crippen molar-refractivity contribution in [2.75, 3.05) is 18.5 Å². The van der Waals surface area contributed by atoms with E-state index in [1.807, 2.05) is 32.1 Å². The number of carbonyl (C=O) groups is 1. The van der Waals surface area contributed by atoms with E-state index in [1.54, 1.807) is 23.1 Å². The first-order valence-corrected chi connectivity index (χ1v) is 9.93. The summed E-state index contributed by atoms with van der Waals surface area (Å²) in [6.07, 6.45) is 4.05. The Balaban J connectivity index is 1.82. The van der Waals surface area contributed by atoms with Crippen LogP contribution >= 0.6 is 0 Å². The molecule has 0 aliphatic carbocycles. The van der Waals surface area contributed by atoms with Gasteiger partial charge < -0.3 is 4.90 Å². The Morgan fingerprint density at radius 1 is 1.15 bits per heavy atom. The molecule has 136 valence electrons. The van der Waals surface area contributed by atoms with Crippen LogP contribution in [0.15, 0.2) is 47.4 Å². The third kappa shape index (κ3) is 3.57. The molecule has 0 unspecified atom stereocenters. The average molecular weight is 370 g/mol. The highest BCUT2D eigenvalue weighted by Crippen LogP contribution is 2.30. The molecule has 3 rings (SSSR count). The third-order valence-corrected chi connectivity index (χ3v) is 6.03. The van der Waals surface area contributed by atoms with Crippen LogP contribution in [0.25, 0.3) is 6.08 Å². The van der Waals surface area contributed by atoms with Gasteiger partial charge >= 0.3 is 0 Å². The molecule has 1 aliphatic rings. The highest BCUT2D eigenvalue weighted by atomic mass is 32.2. The smallest absolute Gasteiger partial charge is 0.251 e. The summed E-state index contributed by atoms with van der Waals surface area (Å²) in [7, 11) is -2.09. The van der Waals surface area contributed by atoms with Crippen molar-refractivity contribution in [1.82, 2.24) is 4.72 Å². The maximum Gasteiger partial charge on any atom is 0.251 e. The Bertz CT molecular complexity index is 994. The van der Waals surface area contributed by atoms with E-state index < -0.39 is 10.0 Å².